The molecule has 3 aromatic carbocycles. The van der Waals surface area contributed by atoms with E-state index in [1.165, 1.54) is 22.8 Å². The molecule has 0 fully saturated rings. The lowest BCUT2D eigenvalue weighted by Gasteiger charge is -2.19. The van der Waals surface area contributed by atoms with Gasteiger partial charge in [-0.2, -0.15) is 0 Å². The lowest BCUT2D eigenvalue weighted by molar-refractivity contribution is 0.0938. The van der Waals surface area contributed by atoms with Crippen LogP contribution in [0, 0.1) is 12.7 Å². The number of fused-ring (bicyclic) bond motifs is 4. The van der Waals surface area contributed by atoms with Crippen molar-refractivity contribution in [1.82, 2.24) is 14.9 Å². The highest BCUT2D eigenvalue weighted by Crippen LogP contribution is 2.28. The van der Waals surface area contributed by atoms with Gasteiger partial charge in [0.25, 0.3) is 11.5 Å². The number of amides is 1. The molecule has 1 atom stereocenters. The van der Waals surface area contributed by atoms with Crippen LogP contribution in [0.3, 0.4) is 0 Å². The first-order valence-electron chi connectivity index (χ1n) is 9.83. The van der Waals surface area contributed by atoms with Crippen LogP contribution in [0.1, 0.15) is 33.4 Å². The zero-order chi connectivity index (χ0) is 21.7. The minimum absolute atomic E-state index is 0.132. The van der Waals surface area contributed by atoms with Gasteiger partial charge in [0.2, 0.25) is 0 Å². The molecule has 0 spiro atoms. The molecular formula is C24H18FN3O3. The molecule has 1 aliphatic rings. The number of benzene rings is 3. The van der Waals surface area contributed by atoms with Crippen LogP contribution in [-0.4, -0.2) is 20.6 Å². The number of carbonyl (C=O) groups is 1. The maximum Gasteiger partial charge on any atom is 0.266 e. The Morgan fingerprint density at radius 1 is 1.06 bits per heavy atom. The summed E-state index contributed by atoms with van der Waals surface area (Å²) in [6, 6.07) is 15.1. The Kier molecular flexibility index (Phi) is 4.32. The minimum atomic E-state index is -0.634. The van der Waals surface area contributed by atoms with Gasteiger partial charge in [-0.3, -0.25) is 14.2 Å². The Bertz CT molecular complexity index is 1410. The molecule has 2 N–H and O–H groups in total. The van der Waals surface area contributed by atoms with E-state index in [1.54, 1.807) is 36.4 Å². The number of aryl methyl sites for hydroxylation is 1. The molecule has 0 saturated carbocycles. The van der Waals surface area contributed by atoms with Gasteiger partial charge in [-0.1, -0.05) is 18.2 Å². The van der Waals surface area contributed by atoms with Crippen LogP contribution in [0.25, 0.3) is 16.6 Å². The highest BCUT2D eigenvalue weighted by molar-refractivity contribution is 5.99. The number of aromatic nitrogens is 2. The van der Waals surface area contributed by atoms with Gasteiger partial charge in [0.05, 0.1) is 28.2 Å². The smallest absolute Gasteiger partial charge is 0.266 e. The van der Waals surface area contributed by atoms with Gasteiger partial charge in [0, 0.05) is 6.07 Å². The van der Waals surface area contributed by atoms with Gasteiger partial charge in [-0.25, -0.2) is 9.37 Å². The Morgan fingerprint density at radius 2 is 1.84 bits per heavy atom. The second kappa shape index (κ2) is 7.05. The molecule has 7 heteroatoms. The summed E-state index contributed by atoms with van der Waals surface area (Å²) in [5.74, 6) is -0.353. The number of carbonyl (C=O) groups excluding carboxylic acids is 1. The maximum atomic E-state index is 13.9. The zero-order valence-electron chi connectivity index (χ0n) is 16.6. The average Bonchev–Trinajstić information content (AvgIpc) is 2.84. The second-order valence-electron chi connectivity index (χ2n) is 7.69. The molecule has 4 aromatic rings. The molecule has 0 bridgehead atoms. The molecule has 0 radical (unpaired) electrons. The molecule has 31 heavy (non-hydrogen) atoms. The highest BCUT2D eigenvalue weighted by atomic mass is 19.1. The highest BCUT2D eigenvalue weighted by Gasteiger charge is 2.30. The zero-order valence-corrected chi connectivity index (χ0v) is 16.6. The Hall–Kier alpha value is -4.00. The predicted molar refractivity (Wildman–Crippen MR) is 114 cm³/mol. The van der Waals surface area contributed by atoms with E-state index in [9.17, 15) is 19.1 Å². The number of rotatable bonds is 2. The number of phenolic OH excluding ortho intramolecular Hbond substituents is 1. The molecule has 1 unspecified atom stereocenters. The molecular weight excluding hydrogens is 397 g/mol. The quantitative estimate of drug-likeness (QED) is 0.524. The first-order valence-corrected chi connectivity index (χ1v) is 9.83. The fourth-order valence-corrected chi connectivity index (χ4v) is 3.97. The lowest BCUT2D eigenvalue weighted by Crippen LogP contribution is -2.32. The van der Waals surface area contributed by atoms with Crippen LogP contribution >= 0.6 is 0 Å². The van der Waals surface area contributed by atoms with Gasteiger partial charge in [-0.15, -0.1) is 0 Å². The molecule has 1 aromatic heterocycles. The van der Waals surface area contributed by atoms with Crippen molar-refractivity contribution in [3.05, 3.63) is 99.3 Å². The Labute approximate surface area is 176 Å². The van der Waals surface area contributed by atoms with E-state index < -0.39 is 11.9 Å². The standard InChI is InChI=1S/C24H18FN3O3/c1-13-2-8-18-21(10-13)28-22(26-19-12-15(25)5-9-17(19)24(28)31)20(27-23(18)30)11-14-3-6-16(29)7-4-14/h2-10,12,20,29H,11H2,1H3,(H,27,30). The third-order valence-corrected chi connectivity index (χ3v) is 5.49. The van der Waals surface area contributed by atoms with Crippen LogP contribution in [0.15, 0.2) is 65.5 Å². The van der Waals surface area contributed by atoms with E-state index >= 15 is 0 Å². The topological polar surface area (TPSA) is 84.2 Å². The number of halogens is 1. The van der Waals surface area contributed by atoms with Crippen molar-refractivity contribution in [1.29, 1.82) is 0 Å². The molecule has 1 amide bonds. The average molecular weight is 415 g/mol. The van der Waals surface area contributed by atoms with Crippen molar-refractivity contribution in [3.63, 3.8) is 0 Å². The summed E-state index contributed by atoms with van der Waals surface area (Å²) in [6.07, 6.45) is 0.340. The summed E-state index contributed by atoms with van der Waals surface area (Å²) in [7, 11) is 0. The summed E-state index contributed by atoms with van der Waals surface area (Å²) < 4.78 is 15.3. The van der Waals surface area contributed by atoms with Crippen molar-refractivity contribution in [2.45, 2.75) is 19.4 Å². The number of nitrogens with zero attached hydrogens (tertiary/aromatic N) is 2. The number of nitrogens with one attached hydrogen (secondary N) is 1. The summed E-state index contributed by atoms with van der Waals surface area (Å²) in [5.41, 5.74) is 2.41. The van der Waals surface area contributed by atoms with Crippen molar-refractivity contribution < 1.29 is 14.3 Å². The fraction of sp³-hybridized carbons (Fsp3) is 0.125. The molecule has 0 saturated heterocycles. The Morgan fingerprint density at radius 3 is 2.61 bits per heavy atom. The molecule has 1 aliphatic heterocycles. The number of hydrogen-bond donors (Lipinski definition) is 2. The minimum Gasteiger partial charge on any atom is -0.508 e. The van der Waals surface area contributed by atoms with Crippen LogP contribution in [-0.2, 0) is 6.42 Å². The van der Waals surface area contributed by atoms with Crippen LogP contribution in [0.4, 0.5) is 4.39 Å². The summed E-state index contributed by atoms with van der Waals surface area (Å²) in [5, 5.41) is 12.8. The molecule has 5 rings (SSSR count). The maximum absolute atomic E-state index is 13.9. The molecule has 2 heterocycles. The normalized spacial score (nSPS) is 15.2. The van der Waals surface area contributed by atoms with Gasteiger partial charge in [0.15, 0.2) is 0 Å². The largest absolute Gasteiger partial charge is 0.508 e. The van der Waals surface area contributed by atoms with Crippen molar-refractivity contribution in [2.75, 3.05) is 0 Å². The Balaban J connectivity index is 1.80. The third-order valence-electron chi connectivity index (χ3n) is 5.49. The second-order valence-corrected chi connectivity index (χ2v) is 7.69. The van der Waals surface area contributed by atoms with Crippen LogP contribution in [0.5, 0.6) is 5.75 Å². The molecule has 154 valence electrons. The third kappa shape index (κ3) is 3.24. The SMILES string of the molecule is Cc1ccc2c(c1)-n1c(nc3cc(F)ccc3c1=O)C(Cc1ccc(O)cc1)NC2=O. The van der Waals surface area contributed by atoms with E-state index in [-0.39, 0.29) is 28.1 Å². The number of hydrogen-bond acceptors (Lipinski definition) is 4. The van der Waals surface area contributed by atoms with Gasteiger partial charge in [0.1, 0.15) is 17.4 Å². The monoisotopic (exact) mass is 415 g/mol. The van der Waals surface area contributed by atoms with E-state index in [1.807, 2.05) is 13.0 Å². The van der Waals surface area contributed by atoms with Crippen LogP contribution in [0.2, 0.25) is 0 Å². The van der Waals surface area contributed by atoms with Gasteiger partial charge >= 0.3 is 0 Å². The predicted octanol–water partition coefficient (Wildman–Crippen LogP) is 3.57. The van der Waals surface area contributed by atoms with Crippen molar-refractivity contribution >= 4 is 16.8 Å². The first-order chi connectivity index (χ1) is 14.9. The van der Waals surface area contributed by atoms with E-state index in [4.69, 9.17) is 0 Å². The van der Waals surface area contributed by atoms with Crippen molar-refractivity contribution in [2.24, 2.45) is 0 Å². The molecule has 0 aliphatic carbocycles. The van der Waals surface area contributed by atoms with Gasteiger partial charge in [-0.05, 0) is 60.9 Å². The van der Waals surface area contributed by atoms with E-state index in [2.05, 4.69) is 10.3 Å². The van der Waals surface area contributed by atoms with Crippen molar-refractivity contribution in [3.8, 4) is 11.4 Å². The fourth-order valence-electron chi connectivity index (χ4n) is 3.97. The first kappa shape index (κ1) is 19.0. The number of phenols is 1. The van der Waals surface area contributed by atoms with E-state index in [0.717, 1.165) is 11.1 Å². The molecule has 6 nitrogen and oxygen atoms in total. The summed E-state index contributed by atoms with van der Waals surface area (Å²) in [6.45, 7) is 1.88. The lowest BCUT2D eigenvalue weighted by atomic mass is 10.0. The van der Waals surface area contributed by atoms with Gasteiger partial charge < -0.3 is 10.4 Å². The summed E-state index contributed by atoms with van der Waals surface area (Å²) in [4.78, 5) is 31.1. The van der Waals surface area contributed by atoms with Crippen LogP contribution < -0.4 is 10.9 Å². The number of aromatic hydroxyl groups is 1. The van der Waals surface area contributed by atoms with E-state index in [0.29, 0.717) is 23.5 Å². The summed E-state index contributed by atoms with van der Waals surface area (Å²) >= 11 is 0.